The first-order valence-corrected chi connectivity index (χ1v) is 7.11. The van der Waals surface area contributed by atoms with Gasteiger partial charge in [0.1, 0.15) is 11.2 Å². The van der Waals surface area contributed by atoms with Crippen LogP contribution >= 0.6 is 15.9 Å². The van der Waals surface area contributed by atoms with Gasteiger partial charge in [0, 0.05) is 0 Å². The first kappa shape index (κ1) is 16.0. The van der Waals surface area contributed by atoms with Crippen LogP contribution in [0.1, 0.15) is 15.9 Å². The van der Waals surface area contributed by atoms with Gasteiger partial charge < -0.3 is 9.47 Å². The molecular weight excluding hydrogens is 352 g/mol. The molecule has 1 aromatic heterocycles. The quantitative estimate of drug-likeness (QED) is 0.664. The highest BCUT2D eigenvalue weighted by Gasteiger charge is 2.15. The molecule has 0 unspecified atom stereocenters. The summed E-state index contributed by atoms with van der Waals surface area (Å²) in [5, 5.41) is 2.48. The number of esters is 1. The van der Waals surface area contributed by atoms with Gasteiger partial charge in [-0.3, -0.25) is 5.32 Å². The number of hydrogen-bond donors (Lipinski definition) is 1. The summed E-state index contributed by atoms with van der Waals surface area (Å²) in [4.78, 5) is 27.5. The number of nitrogens with zero attached hydrogens (tertiary/aromatic N) is 1. The Balaban J connectivity index is 2.03. The van der Waals surface area contributed by atoms with E-state index < -0.39 is 12.1 Å². The molecule has 114 valence electrons. The second-order valence-electron chi connectivity index (χ2n) is 4.23. The van der Waals surface area contributed by atoms with Crippen molar-refractivity contribution in [3.8, 4) is 0 Å². The fourth-order valence-electron chi connectivity index (χ4n) is 1.68. The van der Waals surface area contributed by atoms with E-state index in [0.29, 0.717) is 4.60 Å². The molecule has 0 aliphatic carbocycles. The molecular formula is C15H13BrN2O4. The number of halogens is 1. The van der Waals surface area contributed by atoms with Crippen LogP contribution < -0.4 is 5.32 Å². The lowest BCUT2D eigenvalue weighted by Gasteiger charge is -2.10. The van der Waals surface area contributed by atoms with E-state index in [2.05, 4.69) is 31.0 Å². The van der Waals surface area contributed by atoms with Gasteiger partial charge >= 0.3 is 12.1 Å². The van der Waals surface area contributed by atoms with Crippen LogP contribution in [0.15, 0.2) is 47.2 Å². The summed E-state index contributed by atoms with van der Waals surface area (Å²) in [6.45, 7) is 0.129. The monoisotopic (exact) mass is 364 g/mol. The van der Waals surface area contributed by atoms with Crippen LogP contribution in [0.2, 0.25) is 0 Å². The van der Waals surface area contributed by atoms with Gasteiger partial charge in [-0.2, -0.15) is 0 Å². The summed E-state index contributed by atoms with van der Waals surface area (Å²) >= 11 is 3.16. The van der Waals surface area contributed by atoms with Crippen LogP contribution in [0.5, 0.6) is 0 Å². The maximum absolute atomic E-state index is 11.8. The van der Waals surface area contributed by atoms with Gasteiger partial charge in [0.15, 0.2) is 0 Å². The average molecular weight is 365 g/mol. The van der Waals surface area contributed by atoms with Gasteiger partial charge in [-0.05, 0) is 27.6 Å². The van der Waals surface area contributed by atoms with Gasteiger partial charge in [0.2, 0.25) is 0 Å². The Labute approximate surface area is 135 Å². The minimum absolute atomic E-state index is 0.129. The largest absolute Gasteiger partial charge is 0.465 e. The lowest BCUT2D eigenvalue weighted by Crippen LogP contribution is -2.17. The summed E-state index contributed by atoms with van der Waals surface area (Å²) in [6.07, 6.45) is 0.665. The van der Waals surface area contributed by atoms with Crippen molar-refractivity contribution in [1.29, 1.82) is 0 Å². The van der Waals surface area contributed by atoms with Crippen LogP contribution in [0, 0.1) is 0 Å². The molecule has 6 nitrogen and oxygen atoms in total. The Morgan fingerprint density at radius 3 is 2.68 bits per heavy atom. The van der Waals surface area contributed by atoms with Crippen molar-refractivity contribution in [3.63, 3.8) is 0 Å². The predicted octanol–water partition coefficient (Wildman–Crippen LogP) is 3.38. The van der Waals surface area contributed by atoms with E-state index in [1.54, 1.807) is 0 Å². The number of rotatable bonds is 4. The van der Waals surface area contributed by atoms with Crippen LogP contribution in [-0.2, 0) is 16.1 Å². The number of ether oxygens (including phenoxy) is 2. The summed E-state index contributed by atoms with van der Waals surface area (Å²) < 4.78 is 10.2. The van der Waals surface area contributed by atoms with Crippen LogP contribution in [0.3, 0.4) is 0 Å². The zero-order valence-electron chi connectivity index (χ0n) is 11.7. The zero-order chi connectivity index (χ0) is 15.9. The van der Waals surface area contributed by atoms with E-state index in [1.165, 1.54) is 19.4 Å². The number of benzene rings is 1. The van der Waals surface area contributed by atoms with Crippen LogP contribution in [0.4, 0.5) is 10.5 Å². The fourth-order valence-corrected chi connectivity index (χ4v) is 2.01. The Bertz CT molecular complexity index is 676. The molecule has 0 spiro atoms. The third-order valence-electron chi connectivity index (χ3n) is 2.73. The average Bonchev–Trinajstić information content (AvgIpc) is 2.55. The molecule has 1 amide bonds. The second-order valence-corrected chi connectivity index (χ2v) is 5.04. The minimum atomic E-state index is -0.682. The second kappa shape index (κ2) is 7.56. The fraction of sp³-hybridized carbons (Fsp3) is 0.133. The molecule has 2 rings (SSSR count). The number of pyridine rings is 1. The first-order valence-electron chi connectivity index (χ1n) is 6.31. The van der Waals surface area contributed by atoms with Gasteiger partial charge in [-0.25, -0.2) is 14.6 Å². The molecule has 0 fully saturated rings. The highest BCUT2D eigenvalue weighted by molar-refractivity contribution is 9.10. The number of carbonyl (C=O) groups excluding carboxylic acids is 2. The molecule has 1 aromatic carbocycles. The highest BCUT2D eigenvalue weighted by Crippen LogP contribution is 2.19. The highest BCUT2D eigenvalue weighted by atomic mass is 79.9. The summed E-state index contributed by atoms with van der Waals surface area (Å²) in [5.41, 5.74) is 1.26. The molecule has 0 radical (unpaired) electrons. The lowest BCUT2D eigenvalue weighted by atomic mass is 10.2. The molecule has 1 heterocycles. The van der Waals surface area contributed by atoms with E-state index >= 15 is 0 Å². The smallest absolute Gasteiger partial charge is 0.412 e. The van der Waals surface area contributed by atoms with Crippen molar-refractivity contribution in [2.75, 3.05) is 12.4 Å². The molecule has 0 aliphatic rings. The van der Waals surface area contributed by atoms with E-state index in [0.717, 1.165) is 5.56 Å². The summed E-state index contributed by atoms with van der Waals surface area (Å²) in [7, 11) is 1.26. The van der Waals surface area contributed by atoms with Gasteiger partial charge in [0.05, 0.1) is 24.6 Å². The Morgan fingerprint density at radius 2 is 2.00 bits per heavy atom. The number of methoxy groups -OCH3 is 1. The lowest BCUT2D eigenvalue weighted by molar-refractivity contribution is 0.0601. The Kier molecular flexibility index (Phi) is 5.48. The molecule has 0 bridgehead atoms. The normalized spacial score (nSPS) is 9.91. The van der Waals surface area contributed by atoms with E-state index in [-0.39, 0.29) is 17.9 Å². The number of hydrogen-bond acceptors (Lipinski definition) is 5. The van der Waals surface area contributed by atoms with E-state index in [1.807, 2.05) is 30.3 Å². The Hall–Kier alpha value is -2.41. The first-order chi connectivity index (χ1) is 10.6. The van der Waals surface area contributed by atoms with Gasteiger partial charge in [0.25, 0.3) is 0 Å². The molecule has 2 aromatic rings. The van der Waals surface area contributed by atoms with Crippen molar-refractivity contribution in [2.24, 2.45) is 0 Å². The Morgan fingerprint density at radius 1 is 1.27 bits per heavy atom. The zero-order valence-corrected chi connectivity index (χ0v) is 13.3. The van der Waals surface area contributed by atoms with Crippen molar-refractivity contribution in [2.45, 2.75) is 6.61 Å². The predicted molar refractivity (Wildman–Crippen MR) is 83.5 cm³/mol. The number of amides is 1. The summed E-state index contributed by atoms with van der Waals surface area (Å²) in [6, 6.07) is 10.7. The molecule has 0 saturated carbocycles. The molecule has 0 saturated heterocycles. The van der Waals surface area contributed by atoms with Gasteiger partial charge in [-0.1, -0.05) is 30.3 Å². The standard InChI is InChI=1S/C15H13BrN2O4/c1-21-14(19)11-7-13(16)17-8-12(11)18-15(20)22-9-10-5-3-2-4-6-10/h2-8H,9H2,1H3,(H,18,20). The maximum Gasteiger partial charge on any atom is 0.412 e. The molecule has 7 heteroatoms. The van der Waals surface area contributed by atoms with E-state index in [9.17, 15) is 9.59 Å². The van der Waals surface area contributed by atoms with Crippen molar-refractivity contribution < 1.29 is 19.1 Å². The molecule has 22 heavy (non-hydrogen) atoms. The number of carbonyl (C=O) groups is 2. The van der Waals surface area contributed by atoms with Crippen LogP contribution in [-0.4, -0.2) is 24.2 Å². The third kappa shape index (κ3) is 4.29. The van der Waals surface area contributed by atoms with Crippen molar-refractivity contribution >= 4 is 33.7 Å². The molecule has 0 aliphatic heterocycles. The number of aromatic nitrogens is 1. The van der Waals surface area contributed by atoms with E-state index in [4.69, 9.17) is 4.74 Å². The van der Waals surface area contributed by atoms with Crippen LogP contribution in [0.25, 0.3) is 0 Å². The minimum Gasteiger partial charge on any atom is -0.465 e. The van der Waals surface area contributed by atoms with Crippen molar-refractivity contribution in [1.82, 2.24) is 4.98 Å². The SMILES string of the molecule is COC(=O)c1cc(Br)ncc1NC(=O)OCc1ccccc1. The molecule has 1 N–H and O–H groups in total. The topological polar surface area (TPSA) is 77.5 Å². The number of anilines is 1. The third-order valence-corrected chi connectivity index (χ3v) is 3.16. The summed E-state index contributed by atoms with van der Waals surface area (Å²) in [5.74, 6) is -0.582. The van der Waals surface area contributed by atoms with Gasteiger partial charge in [-0.15, -0.1) is 0 Å². The van der Waals surface area contributed by atoms with Crippen molar-refractivity contribution in [3.05, 3.63) is 58.3 Å². The maximum atomic E-state index is 11.8. The molecule has 0 atom stereocenters. The number of nitrogens with one attached hydrogen (secondary N) is 1.